The quantitative estimate of drug-likeness (QED) is 0.944. The van der Waals surface area contributed by atoms with Gasteiger partial charge in [-0.05, 0) is 25.8 Å². The monoisotopic (exact) mass is 323 g/mol. The molecule has 2 aromatic rings. The topological polar surface area (TPSA) is 72.2 Å². The number of aliphatic imine (C=N–C) groups is 1. The molecular weight excluding hydrogens is 302 g/mol. The highest BCUT2D eigenvalue weighted by molar-refractivity contribution is 5.98. The highest BCUT2D eigenvalue weighted by Crippen LogP contribution is 2.30. The average molecular weight is 323 g/mol. The van der Waals surface area contributed by atoms with Crippen LogP contribution in [0.4, 0.5) is 0 Å². The Morgan fingerprint density at radius 1 is 1.29 bits per heavy atom. The van der Waals surface area contributed by atoms with Crippen molar-refractivity contribution in [2.24, 2.45) is 4.99 Å². The predicted molar refractivity (Wildman–Crippen MR) is 91.7 cm³/mol. The first-order valence-corrected chi connectivity index (χ1v) is 8.59. The van der Waals surface area contributed by atoms with Crippen molar-refractivity contribution in [1.29, 1.82) is 0 Å². The number of pyridine rings is 1. The summed E-state index contributed by atoms with van der Waals surface area (Å²) >= 11 is 0. The summed E-state index contributed by atoms with van der Waals surface area (Å²) in [6.07, 6.45) is 12.8. The first kappa shape index (κ1) is 15.1. The minimum atomic E-state index is -0.0857. The van der Waals surface area contributed by atoms with Crippen molar-refractivity contribution in [3.63, 3.8) is 0 Å². The van der Waals surface area contributed by atoms with Crippen LogP contribution in [0, 0.1) is 0 Å². The van der Waals surface area contributed by atoms with Gasteiger partial charge in [0.2, 0.25) is 0 Å². The molecule has 124 valence electrons. The van der Waals surface area contributed by atoms with Crippen molar-refractivity contribution >= 4 is 12.1 Å². The summed E-state index contributed by atoms with van der Waals surface area (Å²) in [5.74, 6) is 0.609. The molecule has 3 heterocycles. The molecule has 1 N–H and O–H groups in total. The largest absolute Gasteiger partial charge is 0.348 e. The van der Waals surface area contributed by atoms with Crippen LogP contribution in [-0.4, -0.2) is 32.7 Å². The lowest BCUT2D eigenvalue weighted by molar-refractivity contribution is 0.0921. The molecule has 2 aliphatic rings. The van der Waals surface area contributed by atoms with Crippen LogP contribution in [0.25, 0.3) is 5.82 Å². The summed E-state index contributed by atoms with van der Waals surface area (Å²) in [6, 6.07) is 2.19. The van der Waals surface area contributed by atoms with Crippen molar-refractivity contribution < 1.29 is 4.79 Å². The Morgan fingerprint density at radius 3 is 2.88 bits per heavy atom. The zero-order chi connectivity index (χ0) is 16.5. The number of fused-ring (bicyclic) bond motifs is 1. The Hall–Kier alpha value is -2.50. The fourth-order valence-corrected chi connectivity index (χ4v) is 3.57. The van der Waals surface area contributed by atoms with Gasteiger partial charge in [0.1, 0.15) is 17.8 Å². The van der Waals surface area contributed by atoms with Crippen LogP contribution in [0.1, 0.15) is 66.7 Å². The lowest BCUT2D eigenvalue weighted by Gasteiger charge is -2.23. The van der Waals surface area contributed by atoms with E-state index in [4.69, 9.17) is 0 Å². The number of amides is 1. The molecule has 1 unspecified atom stereocenters. The highest BCUT2D eigenvalue weighted by Gasteiger charge is 2.27. The van der Waals surface area contributed by atoms with Crippen LogP contribution >= 0.6 is 0 Å². The number of nitrogens with one attached hydrogen (secondary N) is 1. The lowest BCUT2D eigenvalue weighted by Crippen LogP contribution is -2.37. The Balaban J connectivity index is 1.69. The molecule has 0 aromatic carbocycles. The van der Waals surface area contributed by atoms with Crippen LogP contribution in [0.15, 0.2) is 29.8 Å². The smallest absolute Gasteiger partial charge is 0.270 e. The Kier molecular flexibility index (Phi) is 3.88. The van der Waals surface area contributed by atoms with Crippen LogP contribution in [0.3, 0.4) is 0 Å². The molecule has 1 saturated carbocycles. The summed E-state index contributed by atoms with van der Waals surface area (Å²) < 4.78 is 1.81. The molecule has 1 amide bonds. The number of imidazole rings is 1. The second kappa shape index (κ2) is 6.19. The van der Waals surface area contributed by atoms with E-state index in [2.05, 4.69) is 20.3 Å². The van der Waals surface area contributed by atoms with Gasteiger partial charge in [0.05, 0.1) is 6.04 Å². The molecule has 2 aromatic heterocycles. The van der Waals surface area contributed by atoms with Gasteiger partial charge in [-0.3, -0.25) is 14.4 Å². The van der Waals surface area contributed by atoms with E-state index in [-0.39, 0.29) is 18.0 Å². The molecule has 1 atom stereocenters. The van der Waals surface area contributed by atoms with Crippen LogP contribution in [0.5, 0.6) is 0 Å². The number of hydrogen-bond donors (Lipinski definition) is 1. The van der Waals surface area contributed by atoms with Crippen molar-refractivity contribution in [3.05, 3.63) is 41.6 Å². The number of rotatable bonds is 3. The van der Waals surface area contributed by atoms with Gasteiger partial charge >= 0.3 is 0 Å². The Bertz CT molecular complexity index is 775. The number of aromatic nitrogens is 3. The minimum Gasteiger partial charge on any atom is -0.348 e. The van der Waals surface area contributed by atoms with Gasteiger partial charge in [-0.1, -0.05) is 19.3 Å². The third kappa shape index (κ3) is 2.72. The SMILES string of the molecule is CC1N=Cc2cc(-n3ccnc3)nc(C(=O)NC3CCCCC3)c21. The fourth-order valence-electron chi connectivity index (χ4n) is 3.57. The van der Waals surface area contributed by atoms with Gasteiger partial charge in [-0.15, -0.1) is 0 Å². The third-order valence-electron chi connectivity index (χ3n) is 4.86. The van der Waals surface area contributed by atoms with E-state index in [0.717, 1.165) is 24.0 Å². The molecule has 1 aliphatic carbocycles. The normalized spacial score (nSPS) is 20.1. The maximum absolute atomic E-state index is 12.9. The first-order valence-electron chi connectivity index (χ1n) is 8.59. The van der Waals surface area contributed by atoms with Crippen LogP contribution < -0.4 is 5.32 Å². The molecule has 1 aliphatic heterocycles. The maximum atomic E-state index is 12.9. The summed E-state index contributed by atoms with van der Waals surface area (Å²) in [4.78, 5) is 26.0. The number of carbonyl (C=O) groups is 1. The Morgan fingerprint density at radius 2 is 2.12 bits per heavy atom. The van der Waals surface area contributed by atoms with Crippen LogP contribution in [-0.2, 0) is 0 Å². The van der Waals surface area contributed by atoms with Crippen LogP contribution in [0.2, 0.25) is 0 Å². The first-order chi connectivity index (χ1) is 11.7. The molecule has 0 saturated heterocycles. The maximum Gasteiger partial charge on any atom is 0.270 e. The predicted octanol–water partition coefficient (Wildman–Crippen LogP) is 2.82. The molecule has 1 fully saturated rings. The van der Waals surface area contributed by atoms with Gasteiger partial charge in [0.25, 0.3) is 5.91 Å². The van der Waals surface area contributed by atoms with E-state index < -0.39 is 0 Å². The minimum absolute atomic E-state index is 0.0311. The average Bonchev–Trinajstić information content (AvgIpc) is 3.25. The molecule has 4 rings (SSSR count). The van der Waals surface area contributed by atoms with E-state index in [0.29, 0.717) is 11.5 Å². The van der Waals surface area contributed by atoms with Gasteiger partial charge in [0, 0.05) is 35.8 Å². The fraction of sp³-hybridized carbons (Fsp3) is 0.444. The molecule has 6 nitrogen and oxygen atoms in total. The number of carbonyl (C=O) groups excluding carboxylic acids is 1. The van der Waals surface area contributed by atoms with Gasteiger partial charge < -0.3 is 5.32 Å². The molecular formula is C18H21N5O. The van der Waals surface area contributed by atoms with Crippen molar-refractivity contribution in [3.8, 4) is 5.82 Å². The molecule has 0 spiro atoms. The van der Waals surface area contributed by atoms with Gasteiger partial charge in [-0.2, -0.15) is 0 Å². The van der Waals surface area contributed by atoms with Gasteiger partial charge in [0.15, 0.2) is 0 Å². The number of hydrogen-bond acceptors (Lipinski definition) is 4. The van der Waals surface area contributed by atoms with E-state index >= 15 is 0 Å². The molecule has 0 radical (unpaired) electrons. The summed E-state index contributed by atoms with van der Waals surface area (Å²) in [5, 5.41) is 3.18. The van der Waals surface area contributed by atoms with E-state index in [1.54, 1.807) is 12.5 Å². The van der Waals surface area contributed by atoms with Crippen molar-refractivity contribution in [1.82, 2.24) is 19.9 Å². The van der Waals surface area contributed by atoms with E-state index in [9.17, 15) is 4.79 Å². The zero-order valence-corrected chi connectivity index (χ0v) is 13.8. The number of nitrogens with zero attached hydrogens (tertiary/aromatic N) is 4. The van der Waals surface area contributed by atoms with Gasteiger partial charge in [-0.25, -0.2) is 9.97 Å². The van der Waals surface area contributed by atoms with Crippen molar-refractivity contribution in [2.75, 3.05) is 0 Å². The Labute approximate surface area is 141 Å². The summed E-state index contributed by atoms with van der Waals surface area (Å²) in [6.45, 7) is 2.00. The second-order valence-corrected chi connectivity index (χ2v) is 6.56. The molecule has 0 bridgehead atoms. The zero-order valence-electron chi connectivity index (χ0n) is 13.8. The molecule has 6 heteroatoms. The van der Waals surface area contributed by atoms with E-state index in [1.165, 1.54) is 19.3 Å². The third-order valence-corrected chi connectivity index (χ3v) is 4.86. The molecule has 24 heavy (non-hydrogen) atoms. The standard InChI is InChI=1S/C18H21N5O/c1-12-16-13(10-20-12)9-15(23-8-7-19-11-23)22-17(16)18(24)21-14-5-3-2-4-6-14/h7-12,14H,2-6H2,1H3,(H,21,24). The van der Waals surface area contributed by atoms with Crippen molar-refractivity contribution in [2.45, 2.75) is 51.1 Å². The second-order valence-electron chi connectivity index (χ2n) is 6.56. The highest BCUT2D eigenvalue weighted by atomic mass is 16.2. The van der Waals surface area contributed by atoms with E-state index in [1.807, 2.05) is 30.0 Å². The lowest BCUT2D eigenvalue weighted by atomic mass is 9.95. The summed E-state index contributed by atoms with van der Waals surface area (Å²) in [5.41, 5.74) is 2.38. The summed E-state index contributed by atoms with van der Waals surface area (Å²) in [7, 11) is 0.